The second-order valence-corrected chi connectivity index (χ2v) is 14.9. The van der Waals surface area contributed by atoms with Gasteiger partial charge in [0.15, 0.2) is 14.1 Å². The molecular formula is C24H36N2O5Si. The van der Waals surface area contributed by atoms with E-state index in [9.17, 15) is 9.59 Å². The van der Waals surface area contributed by atoms with Crippen molar-refractivity contribution in [3.63, 3.8) is 0 Å². The van der Waals surface area contributed by atoms with E-state index in [2.05, 4.69) is 38.8 Å². The van der Waals surface area contributed by atoms with E-state index in [4.69, 9.17) is 13.9 Å². The van der Waals surface area contributed by atoms with Gasteiger partial charge in [0.05, 0.1) is 25.3 Å². The van der Waals surface area contributed by atoms with Crippen LogP contribution in [0.1, 0.15) is 57.1 Å². The van der Waals surface area contributed by atoms with Crippen LogP contribution in [0, 0.1) is 5.92 Å². The predicted molar refractivity (Wildman–Crippen MR) is 127 cm³/mol. The van der Waals surface area contributed by atoms with Crippen molar-refractivity contribution in [2.24, 2.45) is 5.92 Å². The minimum Gasteiger partial charge on any atom is -0.497 e. The van der Waals surface area contributed by atoms with Crippen LogP contribution in [0.4, 0.5) is 0 Å². The Labute approximate surface area is 191 Å². The SMILES string of the molecule is COC(=O)Cn1c(C(=O)C2CCC(O[Si](C)(C)C(C)(C)C)CC2)nc2ccc(OC)cc21. The number of benzene rings is 1. The number of nitrogens with zero attached hydrogens (tertiary/aromatic N) is 2. The molecule has 1 aliphatic carbocycles. The molecule has 0 radical (unpaired) electrons. The number of rotatable bonds is 7. The normalized spacial score (nSPS) is 19.7. The number of hydrogen-bond acceptors (Lipinski definition) is 6. The van der Waals surface area contributed by atoms with Crippen molar-refractivity contribution in [1.82, 2.24) is 9.55 Å². The molecule has 0 amide bonds. The molecule has 0 bridgehead atoms. The molecule has 0 aliphatic heterocycles. The smallest absolute Gasteiger partial charge is 0.325 e. The van der Waals surface area contributed by atoms with Gasteiger partial charge in [-0.25, -0.2) is 4.98 Å². The number of fused-ring (bicyclic) bond motifs is 1. The molecule has 7 nitrogen and oxygen atoms in total. The third-order valence-electron chi connectivity index (χ3n) is 7.00. The van der Waals surface area contributed by atoms with Gasteiger partial charge in [0.25, 0.3) is 0 Å². The average Bonchev–Trinajstić information content (AvgIpc) is 3.10. The summed E-state index contributed by atoms with van der Waals surface area (Å²) < 4.78 is 18.4. The molecule has 0 N–H and O–H groups in total. The molecule has 3 rings (SSSR count). The first-order valence-electron chi connectivity index (χ1n) is 11.3. The summed E-state index contributed by atoms with van der Waals surface area (Å²) in [6, 6.07) is 5.41. The Balaban J connectivity index is 1.80. The Hall–Kier alpha value is -2.19. The standard InChI is InChI=1S/C24H36N2O5Si/c1-24(2,3)32(6,7)31-17-10-8-16(9-11-17)22(28)23-25-19-13-12-18(29-4)14-20(19)26(23)15-21(27)30-5/h12-14,16-17H,8-11,15H2,1-7H3. The second-order valence-electron chi connectivity index (χ2n) is 10.2. The minimum absolute atomic E-state index is 0.0187. The van der Waals surface area contributed by atoms with Crippen molar-refractivity contribution in [3.05, 3.63) is 24.0 Å². The van der Waals surface area contributed by atoms with E-state index >= 15 is 0 Å². The highest BCUT2D eigenvalue weighted by atomic mass is 28.4. The van der Waals surface area contributed by atoms with E-state index < -0.39 is 14.3 Å². The third kappa shape index (κ3) is 5.07. The number of methoxy groups -OCH3 is 2. The maximum absolute atomic E-state index is 13.5. The maximum Gasteiger partial charge on any atom is 0.325 e. The van der Waals surface area contributed by atoms with Gasteiger partial charge in [-0.3, -0.25) is 9.59 Å². The van der Waals surface area contributed by atoms with Crippen LogP contribution in [-0.2, 0) is 20.5 Å². The van der Waals surface area contributed by atoms with Gasteiger partial charge in [-0.05, 0) is 55.9 Å². The molecule has 0 unspecified atom stereocenters. The molecule has 1 fully saturated rings. The van der Waals surface area contributed by atoms with E-state index in [1.807, 2.05) is 6.07 Å². The molecule has 2 aromatic rings. The monoisotopic (exact) mass is 460 g/mol. The lowest BCUT2D eigenvalue weighted by molar-refractivity contribution is -0.141. The van der Waals surface area contributed by atoms with Gasteiger partial charge >= 0.3 is 5.97 Å². The highest BCUT2D eigenvalue weighted by molar-refractivity contribution is 6.74. The molecule has 32 heavy (non-hydrogen) atoms. The van der Waals surface area contributed by atoms with Crippen molar-refractivity contribution in [2.45, 2.75) is 77.2 Å². The average molecular weight is 461 g/mol. The molecule has 0 atom stereocenters. The summed E-state index contributed by atoms with van der Waals surface area (Å²) >= 11 is 0. The number of aromatic nitrogens is 2. The number of imidazole rings is 1. The number of Topliss-reactive ketones (excluding diaryl/α,β-unsaturated/α-hetero) is 1. The van der Waals surface area contributed by atoms with Gasteiger partial charge in [0, 0.05) is 18.1 Å². The topological polar surface area (TPSA) is 79.7 Å². The van der Waals surface area contributed by atoms with Crippen LogP contribution in [-0.4, -0.2) is 49.9 Å². The summed E-state index contributed by atoms with van der Waals surface area (Å²) in [7, 11) is 1.09. The van der Waals surface area contributed by atoms with Gasteiger partial charge in [-0.2, -0.15) is 0 Å². The van der Waals surface area contributed by atoms with Crippen molar-refractivity contribution in [1.29, 1.82) is 0 Å². The Morgan fingerprint density at radius 3 is 2.34 bits per heavy atom. The number of hydrogen-bond donors (Lipinski definition) is 0. The summed E-state index contributed by atoms with van der Waals surface area (Å²) in [5.74, 6) is 0.394. The maximum atomic E-state index is 13.5. The molecule has 1 saturated carbocycles. The van der Waals surface area contributed by atoms with E-state index in [0.29, 0.717) is 22.6 Å². The fraction of sp³-hybridized carbons (Fsp3) is 0.625. The zero-order chi connectivity index (χ0) is 23.7. The fourth-order valence-corrected chi connectivity index (χ4v) is 5.41. The number of carbonyl (C=O) groups is 2. The van der Waals surface area contributed by atoms with E-state index in [-0.39, 0.29) is 29.4 Å². The predicted octanol–water partition coefficient (Wildman–Crippen LogP) is 4.98. The van der Waals surface area contributed by atoms with Crippen molar-refractivity contribution in [2.75, 3.05) is 14.2 Å². The van der Waals surface area contributed by atoms with Crippen molar-refractivity contribution < 1.29 is 23.5 Å². The van der Waals surface area contributed by atoms with Gasteiger partial charge in [0.2, 0.25) is 5.78 Å². The van der Waals surface area contributed by atoms with Gasteiger partial charge in [0.1, 0.15) is 12.3 Å². The third-order valence-corrected chi connectivity index (χ3v) is 11.5. The first kappa shape index (κ1) is 24.4. The first-order valence-corrected chi connectivity index (χ1v) is 14.2. The summed E-state index contributed by atoms with van der Waals surface area (Å²) in [6.45, 7) is 11.2. The largest absolute Gasteiger partial charge is 0.497 e. The molecule has 176 valence electrons. The Morgan fingerprint density at radius 1 is 1.12 bits per heavy atom. The van der Waals surface area contributed by atoms with Crippen LogP contribution in [0.2, 0.25) is 18.1 Å². The molecule has 8 heteroatoms. The first-order chi connectivity index (χ1) is 15.0. The van der Waals surface area contributed by atoms with E-state index in [1.165, 1.54) is 7.11 Å². The van der Waals surface area contributed by atoms with Gasteiger partial charge < -0.3 is 18.5 Å². The molecule has 1 aromatic carbocycles. The van der Waals surface area contributed by atoms with Gasteiger partial charge in [-0.1, -0.05) is 20.8 Å². The number of ether oxygens (including phenoxy) is 2. The molecular weight excluding hydrogens is 424 g/mol. The molecule has 1 heterocycles. The number of ketones is 1. The highest BCUT2D eigenvalue weighted by Crippen LogP contribution is 2.40. The molecule has 1 aromatic heterocycles. The van der Waals surface area contributed by atoms with Crippen molar-refractivity contribution in [3.8, 4) is 5.75 Å². The Bertz CT molecular complexity index is 984. The lowest BCUT2D eigenvalue weighted by atomic mass is 9.84. The van der Waals surface area contributed by atoms with Crippen LogP contribution in [0.25, 0.3) is 11.0 Å². The molecule has 0 spiro atoms. The lowest BCUT2D eigenvalue weighted by Crippen LogP contribution is -2.45. The summed E-state index contributed by atoms with van der Waals surface area (Å²) in [5.41, 5.74) is 1.35. The van der Waals surface area contributed by atoms with E-state index in [0.717, 1.165) is 25.7 Å². The molecule has 1 aliphatic rings. The van der Waals surface area contributed by atoms with Crippen LogP contribution < -0.4 is 4.74 Å². The Kier molecular flexibility index (Phi) is 7.14. The second kappa shape index (κ2) is 9.35. The quantitative estimate of drug-likeness (QED) is 0.329. The number of esters is 1. The summed E-state index contributed by atoms with van der Waals surface area (Å²) in [6.07, 6.45) is 3.48. The zero-order valence-electron chi connectivity index (χ0n) is 20.4. The van der Waals surface area contributed by atoms with E-state index in [1.54, 1.807) is 23.8 Å². The van der Waals surface area contributed by atoms with Crippen molar-refractivity contribution >= 4 is 31.1 Å². The van der Waals surface area contributed by atoms with Gasteiger partial charge in [-0.15, -0.1) is 0 Å². The van der Waals surface area contributed by atoms with Crippen LogP contribution in [0.5, 0.6) is 5.75 Å². The molecule has 0 saturated heterocycles. The highest BCUT2D eigenvalue weighted by Gasteiger charge is 2.40. The van der Waals surface area contributed by atoms with Crippen LogP contribution in [0.15, 0.2) is 18.2 Å². The zero-order valence-corrected chi connectivity index (χ0v) is 21.4. The minimum atomic E-state index is -1.83. The Morgan fingerprint density at radius 2 is 1.78 bits per heavy atom. The van der Waals surface area contributed by atoms with Crippen LogP contribution >= 0.6 is 0 Å². The lowest BCUT2D eigenvalue weighted by Gasteiger charge is -2.41. The van der Waals surface area contributed by atoms with Crippen LogP contribution in [0.3, 0.4) is 0 Å². The number of carbonyl (C=O) groups excluding carboxylic acids is 2. The summed E-state index contributed by atoms with van der Waals surface area (Å²) in [4.78, 5) is 30.1. The summed E-state index contributed by atoms with van der Waals surface area (Å²) in [5, 5.41) is 0.166. The fourth-order valence-electron chi connectivity index (χ4n) is 3.99.